The Morgan fingerprint density at radius 3 is 2.46 bits per heavy atom. The van der Waals surface area contributed by atoms with Crippen LogP contribution < -0.4 is 10.6 Å². The van der Waals surface area contributed by atoms with Gasteiger partial charge in [-0.25, -0.2) is 9.97 Å². The first-order valence-corrected chi connectivity index (χ1v) is 9.04. The van der Waals surface area contributed by atoms with Gasteiger partial charge in [0, 0.05) is 18.0 Å². The van der Waals surface area contributed by atoms with Gasteiger partial charge in [0.1, 0.15) is 11.6 Å². The highest BCUT2D eigenvalue weighted by molar-refractivity contribution is 5.90. The minimum absolute atomic E-state index is 0.182. The Morgan fingerprint density at radius 2 is 1.73 bits per heavy atom. The van der Waals surface area contributed by atoms with Gasteiger partial charge < -0.3 is 15.7 Å². The van der Waals surface area contributed by atoms with Crippen molar-refractivity contribution in [1.82, 2.24) is 15.3 Å². The third kappa shape index (κ3) is 4.11. The Bertz CT molecular complexity index is 879. The van der Waals surface area contributed by atoms with Crippen molar-refractivity contribution in [3.63, 3.8) is 0 Å². The highest BCUT2D eigenvalue weighted by atomic mass is 16.3. The number of rotatable bonds is 7. The SMILES string of the molecule is CN[C@@H](CNc1nc(-c2ccccc2O)nc2ccccc12)CC(C)C. The molecule has 0 aliphatic carbocycles. The number of para-hydroxylation sites is 2. The lowest BCUT2D eigenvalue weighted by atomic mass is 10.0. The first kappa shape index (κ1) is 18.1. The summed E-state index contributed by atoms with van der Waals surface area (Å²) in [5, 5.41) is 18.0. The van der Waals surface area contributed by atoms with Crippen LogP contribution >= 0.6 is 0 Å². The monoisotopic (exact) mass is 350 g/mol. The van der Waals surface area contributed by atoms with E-state index in [1.807, 2.05) is 43.4 Å². The van der Waals surface area contributed by atoms with Crippen molar-refractivity contribution in [3.05, 3.63) is 48.5 Å². The second-order valence-electron chi connectivity index (χ2n) is 6.93. The Kier molecular flexibility index (Phi) is 5.68. The summed E-state index contributed by atoms with van der Waals surface area (Å²) in [4.78, 5) is 9.34. The number of aromatic nitrogens is 2. The van der Waals surface area contributed by atoms with E-state index in [1.54, 1.807) is 12.1 Å². The van der Waals surface area contributed by atoms with Gasteiger partial charge in [0.25, 0.3) is 0 Å². The van der Waals surface area contributed by atoms with Gasteiger partial charge in [0.15, 0.2) is 5.82 Å². The van der Waals surface area contributed by atoms with E-state index in [9.17, 15) is 5.11 Å². The lowest BCUT2D eigenvalue weighted by Gasteiger charge is -2.20. The molecular weight excluding hydrogens is 324 g/mol. The van der Waals surface area contributed by atoms with Crippen LogP contribution in [0.25, 0.3) is 22.3 Å². The number of phenolic OH excluding ortho intramolecular Hbond substituents is 1. The van der Waals surface area contributed by atoms with Gasteiger partial charge in [-0.05, 0) is 43.7 Å². The fourth-order valence-electron chi connectivity index (χ4n) is 3.09. The van der Waals surface area contributed by atoms with Crippen LogP contribution in [0.1, 0.15) is 20.3 Å². The molecule has 0 aliphatic rings. The van der Waals surface area contributed by atoms with Crippen molar-refractivity contribution in [3.8, 4) is 17.1 Å². The van der Waals surface area contributed by atoms with Crippen molar-refractivity contribution in [2.24, 2.45) is 5.92 Å². The Balaban J connectivity index is 1.97. The average molecular weight is 350 g/mol. The van der Waals surface area contributed by atoms with E-state index >= 15 is 0 Å². The molecule has 0 saturated heterocycles. The molecule has 136 valence electrons. The molecule has 0 spiro atoms. The van der Waals surface area contributed by atoms with Gasteiger partial charge in [-0.15, -0.1) is 0 Å². The molecule has 0 saturated carbocycles. The molecule has 3 aromatic rings. The summed E-state index contributed by atoms with van der Waals surface area (Å²) < 4.78 is 0. The van der Waals surface area contributed by atoms with Crippen molar-refractivity contribution in [2.45, 2.75) is 26.3 Å². The molecule has 1 aromatic heterocycles. The summed E-state index contributed by atoms with van der Waals surface area (Å²) >= 11 is 0. The Hall–Kier alpha value is -2.66. The van der Waals surface area contributed by atoms with Gasteiger partial charge >= 0.3 is 0 Å². The van der Waals surface area contributed by atoms with Gasteiger partial charge in [-0.3, -0.25) is 0 Å². The molecule has 1 atom stereocenters. The fourth-order valence-corrected chi connectivity index (χ4v) is 3.09. The molecule has 1 heterocycles. The molecule has 0 amide bonds. The number of nitrogens with one attached hydrogen (secondary N) is 2. The number of benzene rings is 2. The third-order valence-electron chi connectivity index (χ3n) is 4.43. The quantitative estimate of drug-likeness (QED) is 0.600. The van der Waals surface area contributed by atoms with Gasteiger partial charge in [-0.1, -0.05) is 38.1 Å². The number of phenols is 1. The number of hydrogen-bond acceptors (Lipinski definition) is 5. The summed E-state index contributed by atoms with van der Waals surface area (Å²) in [6.45, 7) is 5.22. The first-order valence-electron chi connectivity index (χ1n) is 9.04. The lowest BCUT2D eigenvalue weighted by Crippen LogP contribution is -2.34. The van der Waals surface area contributed by atoms with Crippen LogP contribution in [0.2, 0.25) is 0 Å². The van der Waals surface area contributed by atoms with Crippen molar-refractivity contribution in [1.29, 1.82) is 0 Å². The smallest absolute Gasteiger partial charge is 0.165 e. The van der Waals surface area contributed by atoms with Crippen LogP contribution in [0.15, 0.2) is 48.5 Å². The maximum atomic E-state index is 10.2. The zero-order valence-electron chi connectivity index (χ0n) is 15.5. The molecule has 0 unspecified atom stereocenters. The number of fused-ring (bicyclic) bond motifs is 1. The Labute approximate surface area is 154 Å². The second kappa shape index (κ2) is 8.15. The highest BCUT2D eigenvalue weighted by Gasteiger charge is 2.14. The zero-order chi connectivity index (χ0) is 18.5. The van der Waals surface area contributed by atoms with Crippen molar-refractivity contribution in [2.75, 3.05) is 18.9 Å². The summed E-state index contributed by atoms with van der Waals surface area (Å²) in [7, 11) is 1.99. The molecule has 5 nitrogen and oxygen atoms in total. The number of anilines is 1. The van der Waals surface area contributed by atoms with Crippen LogP contribution in [0.3, 0.4) is 0 Å². The maximum absolute atomic E-state index is 10.2. The van der Waals surface area contributed by atoms with E-state index in [0.29, 0.717) is 23.3 Å². The van der Waals surface area contributed by atoms with Gasteiger partial charge in [0.2, 0.25) is 0 Å². The molecule has 26 heavy (non-hydrogen) atoms. The Morgan fingerprint density at radius 1 is 1.00 bits per heavy atom. The van der Waals surface area contributed by atoms with Crippen molar-refractivity contribution < 1.29 is 5.11 Å². The fraction of sp³-hybridized carbons (Fsp3) is 0.333. The van der Waals surface area contributed by atoms with Crippen LogP contribution in [0, 0.1) is 5.92 Å². The molecular formula is C21H26N4O. The molecule has 5 heteroatoms. The van der Waals surface area contributed by atoms with Crippen LogP contribution in [-0.2, 0) is 0 Å². The summed E-state index contributed by atoms with van der Waals surface area (Å²) in [6, 6.07) is 15.4. The van der Waals surface area contributed by atoms with Gasteiger partial charge in [0.05, 0.1) is 11.1 Å². The molecule has 0 aliphatic heterocycles. The largest absolute Gasteiger partial charge is 0.507 e. The van der Waals surface area contributed by atoms with E-state index in [0.717, 1.165) is 29.7 Å². The van der Waals surface area contributed by atoms with Crippen LogP contribution in [0.5, 0.6) is 5.75 Å². The molecule has 2 aromatic carbocycles. The average Bonchev–Trinajstić information content (AvgIpc) is 2.64. The molecule has 0 bridgehead atoms. The molecule has 3 rings (SSSR count). The predicted octanol–water partition coefficient (Wildman–Crippen LogP) is 4.05. The number of hydrogen-bond donors (Lipinski definition) is 3. The predicted molar refractivity (Wildman–Crippen MR) is 107 cm³/mol. The normalized spacial score (nSPS) is 12.5. The van der Waals surface area contributed by atoms with E-state index in [1.165, 1.54) is 0 Å². The first-order chi connectivity index (χ1) is 12.6. The zero-order valence-corrected chi connectivity index (χ0v) is 15.5. The molecule has 0 fully saturated rings. The topological polar surface area (TPSA) is 70.1 Å². The maximum Gasteiger partial charge on any atom is 0.165 e. The standard InChI is InChI=1S/C21H26N4O/c1-14(2)12-15(22-3)13-23-20-16-8-4-6-10-18(16)24-21(25-20)17-9-5-7-11-19(17)26/h4-11,14-15,22,26H,12-13H2,1-3H3,(H,23,24,25)/t15-/m1/s1. The minimum atomic E-state index is 0.182. The van der Waals surface area contributed by atoms with Crippen molar-refractivity contribution >= 4 is 16.7 Å². The summed E-state index contributed by atoms with van der Waals surface area (Å²) in [6.07, 6.45) is 1.08. The van der Waals surface area contributed by atoms with E-state index in [2.05, 4.69) is 29.5 Å². The molecule has 0 radical (unpaired) electrons. The summed E-state index contributed by atoms with van der Waals surface area (Å²) in [5.41, 5.74) is 1.49. The second-order valence-corrected chi connectivity index (χ2v) is 6.93. The highest BCUT2D eigenvalue weighted by Crippen LogP contribution is 2.29. The third-order valence-corrected chi connectivity index (χ3v) is 4.43. The lowest BCUT2D eigenvalue weighted by molar-refractivity contribution is 0.457. The van der Waals surface area contributed by atoms with E-state index in [4.69, 9.17) is 4.98 Å². The number of nitrogens with zero attached hydrogens (tertiary/aromatic N) is 2. The minimum Gasteiger partial charge on any atom is -0.507 e. The van der Waals surface area contributed by atoms with Crippen LogP contribution in [0.4, 0.5) is 5.82 Å². The summed E-state index contributed by atoms with van der Waals surface area (Å²) in [5.74, 6) is 2.11. The molecule has 3 N–H and O–H groups in total. The van der Waals surface area contributed by atoms with Crippen LogP contribution in [-0.4, -0.2) is 34.7 Å². The van der Waals surface area contributed by atoms with Gasteiger partial charge in [-0.2, -0.15) is 0 Å². The van der Waals surface area contributed by atoms with E-state index in [-0.39, 0.29) is 5.75 Å². The number of likely N-dealkylation sites (N-methyl/N-ethyl adjacent to an activating group) is 1. The van der Waals surface area contributed by atoms with E-state index < -0.39 is 0 Å². The number of aromatic hydroxyl groups is 1.